The predicted molar refractivity (Wildman–Crippen MR) is 83.6 cm³/mol. The fourth-order valence-corrected chi connectivity index (χ4v) is 2.59. The van der Waals surface area contributed by atoms with E-state index in [1.54, 1.807) is 0 Å². The highest BCUT2D eigenvalue weighted by molar-refractivity contribution is 7.11. The first-order valence-corrected chi connectivity index (χ1v) is 7.78. The number of rotatable bonds is 7. The van der Waals surface area contributed by atoms with Gasteiger partial charge in [-0.15, -0.1) is 11.3 Å². The highest BCUT2D eigenvalue weighted by Gasteiger charge is 2.22. The Labute approximate surface area is 137 Å². The van der Waals surface area contributed by atoms with Crippen molar-refractivity contribution < 1.29 is 24.9 Å². The van der Waals surface area contributed by atoms with Crippen molar-refractivity contribution in [3.8, 4) is 0 Å². The van der Waals surface area contributed by atoms with Gasteiger partial charge in [-0.05, 0) is 5.56 Å². The van der Waals surface area contributed by atoms with E-state index in [0.717, 1.165) is 16.9 Å². The van der Waals surface area contributed by atoms with Gasteiger partial charge in [0.2, 0.25) is 0 Å². The molecule has 0 aliphatic rings. The number of nitrogens with one attached hydrogen (secondary N) is 1. The normalized spacial score (nSPS) is 13.3. The molecule has 23 heavy (non-hydrogen) atoms. The Balaban J connectivity index is 1.74. The van der Waals surface area contributed by atoms with Crippen molar-refractivity contribution in [1.82, 2.24) is 10.3 Å². The predicted octanol–water partition coefficient (Wildman–Crippen LogP) is 0.956. The monoisotopic (exact) mass is 338 g/mol. The largest absolute Gasteiger partial charge is 0.445 e. The lowest BCUT2D eigenvalue weighted by molar-refractivity contribution is 0.0183. The Hall–Kier alpha value is -2.00. The van der Waals surface area contributed by atoms with Crippen molar-refractivity contribution in [2.24, 2.45) is 0 Å². The minimum absolute atomic E-state index is 0.123. The molecule has 0 spiro atoms. The zero-order valence-electron chi connectivity index (χ0n) is 12.3. The molecule has 0 radical (unpaired) electrons. The van der Waals surface area contributed by atoms with Crippen LogP contribution in [-0.4, -0.2) is 39.0 Å². The zero-order valence-corrected chi connectivity index (χ0v) is 13.1. The standard InChI is InChI=1S/C15H18N2O5S/c18-8-11-6-16-14(23-11)13(20)12(19)7-17-15(21)22-9-10-4-2-1-3-5-10/h1-6,12-13,18-20H,7-9H2,(H,17,21). The molecule has 1 amide bonds. The fraction of sp³-hybridized carbons (Fsp3) is 0.333. The second kappa shape index (κ2) is 8.59. The molecule has 2 unspecified atom stereocenters. The number of aromatic nitrogens is 1. The van der Waals surface area contributed by atoms with E-state index >= 15 is 0 Å². The van der Waals surface area contributed by atoms with E-state index in [0.29, 0.717) is 4.88 Å². The van der Waals surface area contributed by atoms with Crippen LogP contribution in [0, 0.1) is 0 Å². The van der Waals surface area contributed by atoms with Crippen LogP contribution in [0.3, 0.4) is 0 Å². The van der Waals surface area contributed by atoms with Crippen LogP contribution in [0.5, 0.6) is 0 Å². The van der Waals surface area contributed by atoms with Crippen molar-refractivity contribution in [1.29, 1.82) is 0 Å². The number of benzene rings is 1. The lowest BCUT2D eigenvalue weighted by atomic mass is 10.2. The minimum atomic E-state index is -1.24. The number of nitrogens with zero attached hydrogens (tertiary/aromatic N) is 1. The number of amides is 1. The molecule has 0 bridgehead atoms. The summed E-state index contributed by atoms with van der Waals surface area (Å²) in [5.41, 5.74) is 0.850. The molecule has 124 valence electrons. The number of ether oxygens (including phenoxy) is 1. The van der Waals surface area contributed by atoms with E-state index in [1.165, 1.54) is 6.20 Å². The summed E-state index contributed by atoms with van der Waals surface area (Å²) in [6, 6.07) is 9.19. The number of thiazole rings is 1. The molecule has 0 saturated carbocycles. The summed E-state index contributed by atoms with van der Waals surface area (Å²) < 4.78 is 5.00. The van der Waals surface area contributed by atoms with E-state index in [4.69, 9.17) is 9.84 Å². The summed E-state index contributed by atoms with van der Waals surface area (Å²) in [6.07, 6.45) is -1.72. The molecular weight excluding hydrogens is 320 g/mol. The second-order valence-corrected chi connectivity index (χ2v) is 5.92. The summed E-state index contributed by atoms with van der Waals surface area (Å²) in [4.78, 5) is 16.1. The van der Waals surface area contributed by atoms with Crippen LogP contribution >= 0.6 is 11.3 Å². The quantitative estimate of drug-likeness (QED) is 0.598. The summed E-state index contributed by atoms with van der Waals surface area (Å²) in [5, 5.41) is 31.4. The molecule has 1 aromatic carbocycles. The van der Waals surface area contributed by atoms with Gasteiger partial charge in [0.15, 0.2) is 0 Å². The molecule has 4 N–H and O–H groups in total. The van der Waals surface area contributed by atoms with Gasteiger partial charge < -0.3 is 25.4 Å². The van der Waals surface area contributed by atoms with Crippen molar-refractivity contribution >= 4 is 17.4 Å². The maximum atomic E-state index is 11.6. The highest BCUT2D eigenvalue weighted by atomic mass is 32.1. The summed E-state index contributed by atoms with van der Waals surface area (Å²) in [6.45, 7) is -0.231. The number of hydrogen-bond acceptors (Lipinski definition) is 7. The Kier molecular flexibility index (Phi) is 6.48. The molecule has 2 atom stereocenters. The first-order valence-electron chi connectivity index (χ1n) is 6.96. The Morgan fingerprint density at radius 1 is 1.30 bits per heavy atom. The van der Waals surface area contributed by atoms with Crippen molar-refractivity contribution in [2.45, 2.75) is 25.4 Å². The van der Waals surface area contributed by atoms with E-state index in [9.17, 15) is 15.0 Å². The SMILES string of the molecule is O=C(NCC(O)C(O)c1ncc(CO)s1)OCc1ccccc1. The van der Waals surface area contributed by atoms with Crippen LogP contribution < -0.4 is 5.32 Å². The summed E-state index contributed by atoms with van der Waals surface area (Å²) in [5.74, 6) is 0. The number of aliphatic hydroxyl groups excluding tert-OH is 3. The zero-order chi connectivity index (χ0) is 16.7. The summed E-state index contributed by atoms with van der Waals surface area (Å²) >= 11 is 1.10. The molecule has 0 aliphatic heterocycles. The maximum Gasteiger partial charge on any atom is 0.407 e. The van der Waals surface area contributed by atoms with Gasteiger partial charge in [0.05, 0.1) is 11.5 Å². The van der Waals surface area contributed by atoms with Crippen LogP contribution in [0.1, 0.15) is 21.6 Å². The van der Waals surface area contributed by atoms with Crippen molar-refractivity contribution in [3.63, 3.8) is 0 Å². The lowest BCUT2D eigenvalue weighted by Crippen LogP contribution is -2.35. The van der Waals surface area contributed by atoms with Crippen LogP contribution in [0.25, 0.3) is 0 Å². The molecule has 2 rings (SSSR count). The first kappa shape index (κ1) is 17.4. The Morgan fingerprint density at radius 2 is 2.04 bits per heavy atom. The molecule has 1 aromatic heterocycles. The Bertz CT molecular complexity index is 619. The molecule has 2 aromatic rings. The minimum Gasteiger partial charge on any atom is -0.445 e. The van der Waals surface area contributed by atoms with Crippen molar-refractivity contribution in [2.75, 3.05) is 6.54 Å². The van der Waals surface area contributed by atoms with E-state index in [-0.39, 0.29) is 24.8 Å². The van der Waals surface area contributed by atoms with E-state index < -0.39 is 18.3 Å². The molecular formula is C15H18N2O5S. The fourth-order valence-electron chi connectivity index (χ4n) is 1.77. The molecule has 0 saturated heterocycles. The van der Waals surface area contributed by atoms with E-state index in [1.807, 2.05) is 30.3 Å². The Morgan fingerprint density at radius 3 is 2.70 bits per heavy atom. The first-order chi connectivity index (χ1) is 11.1. The third-order valence-electron chi connectivity index (χ3n) is 3.01. The topological polar surface area (TPSA) is 112 Å². The molecule has 0 aliphatic carbocycles. The average Bonchev–Trinajstić information content (AvgIpc) is 3.07. The number of carbonyl (C=O) groups is 1. The third-order valence-corrected chi connectivity index (χ3v) is 4.07. The molecule has 8 heteroatoms. The average molecular weight is 338 g/mol. The number of alkyl carbamates (subject to hydrolysis) is 1. The maximum absolute atomic E-state index is 11.6. The van der Waals surface area contributed by atoms with Gasteiger partial charge in [-0.1, -0.05) is 30.3 Å². The van der Waals surface area contributed by atoms with Gasteiger partial charge in [-0.3, -0.25) is 0 Å². The van der Waals surface area contributed by atoms with Crippen LogP contribution in [0.15, 0.2) is 36.5 Å². The van der Waals surface area contributed by atoms with Gasteiger partial charge in [-0.2, -0.15) is 0 Å². The number of hydrogen-bond donors (Lipinski definition) is 4. The van der Waals surface area contributed by atoms with Gasteiger partial charge in [0, 0.05) is 12.7 Å². The second-order valence-electron chi connectivity index (χ2n) is 4.78. The van der Waals surface area contributed by atoms with Crippen LogP contribution in [0.4, 0.5) is 4.79 Å². The van der Waals surface area contributed by atoms with E-state index in [2.05, 4.69) is 10.3 Å². The smallest absolute Gasteiger partial charge is 0.407 e. The van der Waals surface area contributed by atoms with Gasteiger partial charge in [0.1, 0.15) is 23.8 Å². The molecule has 0 fully saturated rings. The van der Waals surface area contributed by atoms with Crippen molar-refractivity contribution in [3.05, 3.63) is 52.0 Å². The number of aliphatic hydroxyl groups is 3. The van der Waals surface area contributed by atoms with Gasteiger partial charge in [0.25, 0.3) is 0 Å². The third kappa shape index (κ3) is 5.29. The number of carbonyl (C=O) groups excluding carboxylic acids is 1. The van der Waals surface area contributed by atoms with Crippen LogP contribution in [0.2, 0.25) is 0 Å². The lowest BCUT2D eigenvalue weighted by Gasteiger charge is -2.16. The summed E-state index contributed by atoms with van der Waals surface area (Å²) in [7, 11) is 0. The van der Waals surface area contributed by atoms with Gasteiger partial charge in [-0.25, -0.2) is 9.78 Å². The molecule has 1 heterocycles. The highest BCUT2D eigenvalue weighted by Crippen LogP contribution is 2.22. The molecule has 7 nitrogen and oxygen atoms in total. The van der Waals surface area contributed by atoms with Crippen LogP contribution in [-0.2, 0) is 18.0 Å². The van der Waals surface area contributed by atoms with Gasteiger partial charge >= 0.3 is 6.09 Å².